The maximum absolute atomic E-state index is 12.6. The molecule has 29 heavy (non-hydrogen) atoms. The first-order chi connectivity index (χ1) is 14.0. The van der Waals surface area contributed by atoms with Crippen LogP contribution in [0.5, 0.6) is 0 Å². The molecule has 5 heteroatoms. The highest BCUT2D eigenvalue weighted by atomic mass is 16.3. The molecule has 1 aliphatic heterocycles. The number of aliphatic hydroxyl groups is 1. The Morgan fingerprint density at radius 3 is 2.45 bits per heavy atom. The Balaban J connectivity index is 1.52. The fraction of sp³-hybridized carbons (Fsp3) is 0.458. The van der Waals surface area contributed by atoms with Gasteiger partial charge in [0, 0.05) is 42.6 Å². The third-order valence-electron chi connectivity index (χ3n) is 5.73. The number of piperidine rings is 1. The molecule has 1 heterocycles. The second-order valence-corrected chi connectivity index (χ2v) is 8.05. The third-order valence-corrected chi connectivity index (χ3v) is 5.73. The van der Waals surface area contributed by atoms with Crippen LogP contribution < -0.4 is 15.5 Å². The number of nitrogens with zero attached hydrogens (tertiary/aromatic N) is 1. The van der Waals surface area contributed by atoms with Gasteiger partial charge in [-0.3, -0.25) is 4.79 Å². The lowest BCUT2D eigenvalue weighted by Crippen LogP contribution is -2.44. The van der Waals surface area contributed by atoms with Crippen molar-refractivity contribution < 1.29 is 9.90 Å². The molecule has 0 spiro atoms. The highest BCUT2D eigenvalue weighted by Gasteiger charge is 2.19. The maximum atomic E-state index is 12.6. The number of benzene rings is 2. The van der Waals surface area contributed by atoms with Gasteiger partial charge >= 0.3 is 0 Å². The van der Waals surface area contributed by atoms with E-state index in [0.29, 0.717) is 18.2 Å². The van der Waals surface area contributed by atoms with E-state index in [1.807, 2.05) is 51.1 Å². The molecule has 2 aromatic rings. The molecule has 1 atom stereocenters. The van der Waals surface area contributed by atoms with E-state index in [1.165, 1.54) is 5.69 Å². The number of nitrogens with one attached hydrogen (secondary N) is 2. The first kappa shape index (κ1) is 21.3. The summed E-state index contributed by atoms with van der Waals surface area (Å²) in [5.74, 6) is -0.0728. The van der Waals surface area contributed by atoms with Gasteiger partial charge in [-0.2, -0.15) is 0 Å². The summed E-state index contributed by atoms with van der Waals surface area (Å²) in [7, 11) is 0. The van der Waals surface area contributed by atoms with E-state index in [-0.39, 0.29) is 12.0 Å². The summed E-state index contributed by atoms with van der Waals surface area (Å²) in [6.07, 6.45) is 2.68. The van der Waals surface area contributed by atoms with E-state index >= 15 is 0 Å². The number of rotatable bonds is 7. The minimum atomic E-state index is -0.250. The topological polar surface area (TPSA) is 64.6 Å². The summed E-state index contributed by atoms with van der Waals surface area (Å²) in [4.78, 5) is 14.9. The van der Waals surface area contributed by atoms with Gasteiger partial charge in [-0.05, 0) is 69.0 Å². The fourth-order valence-corrected chi connectivity index (χ4v) is 3.81. The fourth-order valence-electron chi connectivity index (χ4n) is 3.81. The summed E-state index contributed by atoms with van der Waals surface area (Å²) in [6, 6.07) is 14.4. The van der Waals surface area contributed by atoms with E-state index in [4.69, 9.17) is 0 Å². The average molecular weight is 396 g/mol. The molecule has 0 aromatic heterocycles. The van der Waals surface area contributed by atoms with E-state index in [0.717, 1.165) is 49.2 Å². The van der Waals surface area contributed by atoms with Crippen LogP contribution in [0, 0.1) is 13.8 Å². The molecule has 156 valence electrons. The minimum absolute atomic E-state index is 0.0728. The largest absolute Gasteiger partial charge is 0.392 e. The Morgan fingerprint density at radius 1 is 1.14 bits per heavy atom. The summed E-state index contributed by atoms with van der Waals surface area (Å²) in [6.45, 7) is 8.66. The lowest BCUT2D eigenvalue weighted by atomic mass is 10.0. The van der Waals surface area contributed by atoms with Crippen LogP contribution in [0.15, 0.2) is 42.5 Å². The number of amides is 1. The second-order valence-electron chi connectivity index (χ2n) is 8.05. The molecule has 0 saturated carbocycles. The van der Waals surface area contributed by atoms with Gasteiger partial charge in [-0.1, -0.05) is 24.6 Å². The van der Waals surface area contributed by atoms with E-state index in [1.54, 1.807) is 0 Å². The summed E-state index contributed by atoms with van der Waals surface area (Å²) < 4.78 is 0. The van der Waals surface area contributed by atoms with Crippen molar-refractivity contribution in [3.63, 3.8) is 0 Å². The van der Waals surface area contributed by atoms with Crippen LogP contribution in [0.4, 0.5) is 11.4 Å². The molecule has 0 radical (unpaired) electrons. The van der Waals surface area contributed by atoms with Gasteiger partial charge in [0.05, 0.1) is 6.10 Å². The van der Waals surface area contributed by atoms with Crippen LogP contribution in [-0.2, 0) is 0 Å². The second kappa shape index (κ2) is 9.90. The van der Waals surface area contributed by atoms with Crippen molar-refractivity contribution in [3.05, 3.63) is 59.2 Å². The summed E-state index contributed by atoms with van der Waals surface area (Å²) >= 11 is 0. The smallest absolute Gasteiger partial charge is 0.255 e. The monoisotopic (exact) mass is 395 g/mol. The minimum Gasteiger partial charge on any atom is -0.392 e. The average Bonchev–Trinajstić information content (AvgIpc) is 2.73. The van der Waals surface area contributed by atoms with E-state index in [2.05, 4.69) is 27.7 Å². The molecule has 3 N–H and O–H groups in total. The highest BCUT2D eigenvalue weighted by molar-refractivity contribution is 6.05. The maximum Gasteiger partial charge on any atom is 0.255 e. The number of anilines is 2. The van der Waals surface area contributed by atoms with Gasteiger partial charge in [0.1, 0.15) is 0 Å². The molecule has 1 amide bonds. The molecule has 0 bridgehead atoms. The Bertz CT molecular complexity index is 811. The molecule has 1 saturated heterocycles. The van der Waals surface area contributed by atoms with Gasteiger partial charge in [-0.25, -0.2) is 0 Å². The van der Waals surface area contributed by atoms with Crippen LogP contribution in [-0.4, -0.2) is 42.8 Å². The molecule has 2 aromatic carbocycles. The van der Waals surface area contributed by atoms with Gasteiger partial charge in [-0.15, -0.1) is 0 Å². The quantitative estimate of drug-likeness (QED) is 0.666. The summed E-state index contributed by atoms with van der Waals surface area (Å²) in [5, 5.41) is 16.2. The molecule has 5 nitrogen and oxygen atoms in total. The number of aryl methyl sites for hydroxylation is 2. The van der Waals surface area contributed by atoms with Gasteiger partial charge in [0.25, 0.3) is 5.91 Å². The normalized spacial score (nSPS) is 15.9. The van der Waals surface area contributed by atoms with Crippen LogP contribution in [0.2, 0.25) is 0 Å². The standard InChI is InChI=1S/C24H33N3O2/c1-4-22(28)16-25-19-11-13-27(14-12-19)21-8-6-20(7-9-21)26-24(29)23-10-5-17(2)15-18(23)3/h5-10,15,19,22,25,28H,4,11-14,16H2,1-3H3,(H,26,29). The molecule has 0 aliphatic carbocycles. The molecule has 1 unspecified atom stereocenters. The van der Waals surface area contributed by atoms with Crippen molar-refractivity contribution in [1.29, 1.82) is 0 Å². The molecule has 3 rings (SSSR count). The molecule has 1 fully saturated rings. The van der Waals surface area contributed by atoms with Gasteiger partial charge in [0.15, 0.2) is 0 Å². The van der Waals surface area contributed by atoms with Crippen LogP contribution in [0.1, 0.15) is 47.7 Å². The number of aliphatic hydroxyl groups excluding tert-OH is 1. The lowest BCUT2D eigenvalue weighted by molar-refractivity contribution is 0.102. The zero-order valence-electron chi connectivity index (χ0n) is 17.7. The zero-order valence-corrected chi connectivity index (χ0v) is 17.7. The zero-order chi connectivity index (χ0) is 20.8. The van der Waals surface area contributed by atoms with Crippen LogP contribution in [0.3, 0.4) is 0 Å². The lowest BCUT2D eigenvalue weighted by Gasteiger charge is -2.34. The van der Waals surface area contributed by atoms with Crippen molar-refractivity contribution in [2.24, 2.45) is 0 Å². The Kier molecular flexibility index (Phi) is 7.29. The van der Waals surface area contributed by atoms with E-state index in [9.17, 15) is 9.90 Å². The summed E-state index contributed by atoms with van der Waals surface area (Å²) in [5.41, 5.74) is 4.85. The number of carbonyl (C=O) groups is 1. The highest BCUT2D eigenvalue weighted by Crippen LogP contribution is 2.23. The van der Waals surface area contributed by atoms with Crippen molar-refractivity contribution in [2.75, 3.05) is 29.9 Å². The van der Waals surface area contributed by atoms with Gasteiger partial charge in [0.2, 0.25) is 0 Å². The third kappa shape index (κ3) is 5.81. The predicted octanol–water partition coefficient (Wildman–Crippen LogP) is 3.89. The van der Waals surface area contributed by atoms with E-state index < -0.39 is 0 Å². The SMILES string of the molecule is CCC(O)CNC1CCN(c2ccc(NC(=O)c3ccc(C)cc3C)cc2)CC1. The first-order valence-corrected chi connectivity index (χ1v) is 10.6. The van der Waals surface area contributed by atoms with Crippen molar-refractivity contribution in [2.45, 2.75) is 52.2 Å². The van der Waals surface area contributed by atoms with Crippen molar-refractivity contribution >= 4 is 17.3 Å². The van der Waals surface area contributed by atoms with Gasteiger partial charge < -0.3 is 20.6 Å². The number of hydrogen-bond acceptors (Lipinski definition) is 4. The van der Waals surface area contributed by atoms with Crippen LogP contribution >= 0.6 is 0 Å². The Labute approximate surface area is 174 Å². The Morgan fingerprint density at radius 2 is 1.83 bits per heavy atom. The van der Waals surface area contributed by atoms with Crippen LogP contribution in [0.25, 0.3) is 0 Å². The molecule has 1 aliphatic rings. The van der Waals surface area contributed by atoms with Crippen molar-refractivity contribution in [3.8, 4) is 0 Å². The predicted molar refractivity (Wildman–Crippen MR) is 120 cm³/mol. The first-order valence-electron chi connectivity index (χ1n) is 10.6. The Hall–Kier alpha value is -2.37. The number of hydrogen-bond donors (Lipinski definition) is 3. The molecular formula is C24H33N3O2. The molecular weight excluding hydrogens is 362 g/mol. The number of carbonyl (C=O) groups excluding carboxylic acids is 1. The van der Waals surface area contributed by atoms with Crippen molar-refractivity contribution in [1.82, 2.24) is 5.32 Å².